The van der Waals surface area contributed by atoms with Crippen molar-refractivity contribution < 1.29 is 13.6 Å². The average molecular weight is 490 g/mol. The van der Waals surface area contributed by atoms with Gasteiger partial charge in [-0.05, 0) is 31.0 Å². The van der Waals surface area contributed by atoms with Crippen LogP contribution in [-0.2, 0) is 0 Å². The monoisotopic (exact) mass is 489 g/mol. The lowest BCUT2D eigenvalue weighted by Gasteiger charge is -2.35. The lowest BCUT2D eigenvalue weighted by atomic mass is 9.79. The van der Waals surface area contributed by atoms with Gasteiger partial charge in [-0.25, -0.2) is 13.8 Å². The Morgan fingerprint density at radius 1 is 1.06 bits per heavy atom. The Morgan fingerprint density at radius 2 is 1.91 bits per heavy atom. The minimum absolute atomic E-state index is 0.0254. The molecule has 174 valence electrons. The summed E-state index contributed by atoms with van der Waals surface area (Å²) >= 11 is 1.40. The summed E-state index contributed by atoms with van der Waals surface area (Å²) in [6, 6.07) is 9.17. The Morgan fingerprint density at radius 3 is 2.71 bits per heavy atom. The van der Waals surface area contributed by atoms with E-state index in [0.29, 0.717) is 51.8 Å². The highest BCUT2D eigenvalue weighted by atomic mass is 32.1. The van der Waals surface area contributed by atoms with Crippen LogP contribution in [0.1, 0.15) is 34.9 Å². The number of carbonyl (C=O) groups excluding carboxylic acids is 1. The van der Waals surface area contributed by atoms with Crippen molar-refractivity contribution in [3.63, 3.8) is 0 Å². The molecule has 5 aromatic rings. The van der Waals surface area contributed by atoms with Crippen LogP contribution in [0, 0.1) is 11.6 Å². The fourth-order valence-electron chi connectivity index (χ4n) is 4.30. The van der Waals surface area contributed by atoms with Gasteiger partial charge in [0.1, 0.15) is 23.0 Å². The van der Waals surface area contributed by atoms with Crippen molar-refractivity contribution in [3.8, 4) is 16.5 Å². The highest BCUT2D eigenvalue weighted by molar-refractivity contribution is 7.13. The van der Waals surface area contributed by atoms with Crippen molar-refractivity contribution in [1.82, 2.24) is 35.0 Å². The largest absolute Gasteiger partial charge is 0.349 e. The predicted octanol–water partition coefficient (Wildman–Crippen LogP) is 4.29. The molecule has 35 heavy (non-hydrogen) atoms. The molecule has 8 nitrogen and oxygen atoms in total. The smallest absolute Gasteiger partial charge is 0.253 e. The number of halogens is 2. The zero-order chi connectivity index (χ0) is 23.9. The number of hydrogen-bond acceptors (Lipinski definition) is 7. The third-order valence-electron chi connectivity index (χ3n) is 6.03. The number of thiazole rings is 1. The highest BCUT2D eigenvalue weighted by Gasteiger charge is 2.37. The molecule has 0 unspecified atom stereocenters. The summed E-state index contributed by atoms with van der Waals surface area (Å²) in [7, 11) is 0. The zero-order valence-corrected chi connectivity index (χ0v) is 18.9. The molecule has 1 fully saturated rings. The number of hydrogen-bond donors (Lipinski definition) is 1. The number of pyridine rings is 2. The van der Waals surface area contributed by atoms with Gasteiger partial charge in [-0.1, -0.05) is 12.1 Å². The number of rotatable bonds is 5. The number of amides is 1. The van der Waals surface area contributed by atoms with Crippen LogP contribution in [0.25, 0.3) is 27.6 Å². The van der Waals surface area contributed by atoms with Crippen LogP contribution >= 0.6 is 11.3 Å². The molecular formula is C24H17F2N7OS. The highest BCUT2D eigenvalue weighted by Crippen LogP contribution is 2.39. The van der Waals surface area contributed by atoms with E-state index < -0.39 is 5.82 Å². The normalized spacial score (nSPS) is 17.3. The summed E-state index contributed by atoms with van der Waals surface area (Å²) in [5.74, 6) is -0.127. The van der Waals surface area contributed by atoms with Gasteiger partial charge < -0.3 is 5.32 Å². The summed E-state index contributed by atoms with van der Waals surface area (Å²) in [6.07, 6.45) is 5.41. The van der Waals surface area contributed by atoms with E-state index in [1.165, 1.54) is 29.7 Å². The Bertz CT molecular complexity index is 1550. The van der Waals surface area contributed by atoms with Crippen LogP contribution in [0.4, 0.5) is 8.78 Å². The molecule has 0 radical (unpaired) electrons. The number of para-hydroxylation sites is 1. The molecule has 0 bridgehead atoms. The summed E-state index contributed by atoms with van der Waals surface area (Å²) in [5.41, 5.74) is 1.34. The van der Waals surface area contributed by atoms with Gasteiger partial charge in [0, 0.05) is 35.8 Å². The third kappa shape index (κ3) is 3.83. The van der Waals surface area contributed by atoms with Crippen molar-refractivity contribution in [2.45, 2.75) is 24.8 Å². The third-order valence-corrected chi connectivity index (χ3v) is 6.80. The maximum atomic E-state index is 14.7. The second-order valence-corrected chi connectivity index (χ2v) is 9.12. The average Bonchev–Trinajstić information content (AvgIpc) is 3.51. The van der Waals surface area contributed by atoms with Crippen LogP contribution in [0.2, 0.25) is 0 Å². The molecule has 6 rings (SSSR count). The molecule has 11 heteroatoms. The number of nitrogens with zero attached hydrogens (tertiary/aromatic N) is 6. The van der Waals surface area contributed by atoms with Crippen LogP contribution < -0.4 is 5.32 Å². The molecule has 1 aliphatic carbocycles. The van der Waals surface area contributed by atoms with E-state index in [9.17, 15) is 13.6 Å². The summed E-state index contributed by atoms with van der Waals surface area (Å²) in [4.78, 5) is 25.4. The maximum Gasteiger partial charge on any atom is 0.253 e. The Hall–Kier alpha value is -4.12. The standard InChI is InChI=1S/C24H17F2N7OS/c25-14-11-18-20(29-12-14)16(5-6-27-18)23(34)30-15-9-13(10-15)21-31-32-22(24-28-7-8-35-24)33(21)19-4-2-1-3-17(19)26/h1-8,11-13,15H,9-10H2,(H,30,34). The van der Waals surface area contributed by atoms with Gasteiger partial charge in [0.05, 0.1) is 23.0 Å². The fourth-order valence-corrected chi connectivity index (χ4v) is 4.91. The van der Waals surface area contributed by atoms with Crippen LogP contribution in [0.15, 0.2) is 60.4 Å². The van der Waals surface area contributed by atoms with Gasteiger partial charge in [-0.2, -0.15) is 0 Å². The number of fused-ring (bicyclic) bond motifs is 1. The van der Waals surface area contributed by atoms with Crippen molar-refractivity contribution in [2.24, 2.45) is 0 Å². The Labute approximate surface area is 201 Å². The second kappa shape index (κ2) is 8.58. The molecule has 0 saturated heterocycles. The first kappa shape index (κ1) is 21.4. The van der Waals surface area contributed by atoms with E-state index in [-0.39, 0.29) is 23.7 Å². The summed E-state index contributed by atoms with van der Waals surface area (Å²) in [6.45, 7) is 0. The molecule has 0 atom stereocenters. The van der Waals surface area contributed by atoms with Gasteiger partial charge in [-0.3, -0.25) is 19.3 Å². The molecule has 4 aromatic heterocycles. The quantitative estimate of drug-likeness (QED) is 0.396. The van der Waals surface area contributed by atoms with E-state index >= 15 is 0 Å². The number of carbonyl (C=O) groups is 1. The number of aromatic nitrogens is 6. The van der Waals surface area contributed by atoms with E-state index in [1.54, 1.807) is 35.0 Å². The first-order valence-corrected chi connectivity index (χ1v) is 11.8. The van der Waals surface area contributed by atoms with E-state index in [4.69, 9.17) is 0 Å². The Kier molecular flexibility index (Phi) is 5.25. The molecule has 1 amide bonds. The molecule has 1 N–H and O–H groups in total. The van der Waals surface area contributed by atoms with E-state index in [1.807, 2.05) is 5.38 Å². The number of nitrogens with one attached hydrogen (secondary N) is 1. The van der Waals surface area contributed by atoms with Gasteiger partial charge in [0.2, 0.25) is 0 Å². The second-order valence-electron chi connectivity index (χ2n) is 8.22. The SMILES string of the molecule is O=C(NC1CC(c2nnc(-c3nccs3)n2-c2ccccc2F)C1)c1ccnc2cc(F)cnc12. The molecular weight excluding hydrogens is 472 g/mol. The van der Waals surface area contributed by atoms with Gasteiger partial charge in [0.25, 0.3) is 5.91 Å². The minimum Gasteiger partial charge on any atom is -0.349 e. The maximum absolute atomic E-state index is 14.7. The van der Waals surface area contributed by atoms with E-state index in [0.717, 1.165) is 6.20 Å². The van der Waals surface area contributed by atoms with Crippen molar-refractivity contribution in [2.75, 3.05) is 0 Å². The van der Waals surface area contributed by atoms with Crippen LogP contribution in [0.3, 0.4) is 0 Å². The zero-order valence-electron chi connectivity index (χ0n) is 18.1. The molecule has 1 aliphatic rings. The molecule has 1 saturated carbocycles. The summed E-state index contributed by atoms with van der Waals surface area (Å²) in [5, 5.41) is 14.2. The molecule has 4 heterocycles. The van der Waals surface area contributed by atoms with Crippen LogP contribution in [-0.4, -0.2) is 41.7 Å². The van der Waals surface area contributed by atoms with Gasteiger partial charge in [0.15, 0.2) is 10.8 Å². The van der Waals surface area contributed by atoms with Gasteiger partial charge in [-0.15, -0.1) is 21.5 Å². The lowest BCUT2D eigenvalue weighted by molar-refractivity contribution is 0.0908. The summed E-state index contributed by atoms with van der Waals surface area (Å²) < 4.78 is 29.9. The lowest BCUT2D eigenvalue weighted by Crippen LogP contribution is -2.44. The van der Waals surface area contributed by atoms with E-state index in [2.05, 4.69) is 30.5 Å². The Balaban J connectivity index is 1.24. The van der Waals surface area contributed by atoms with Crippen molar-refractivity contribution >= 4 is 28.3 Å². The van der Waals surface area contributed by atoms with Crippen molar-refractivity contribution in [1.29, 1.82) is 0 Å². The van der Waals surface area contributed by atoms with Crippen LogP contribution in [0.5, 0.6) is 0 Å². The minimum atomic E-state index is -0.513. The first-order chi connectivity index (χ1) is 17.1. The number of benzene rings is 1. The fraction of sp³-hybridized carbons (Fsp3) is 0.167. The van der Waals surface area contributed by atoms with Gasteiger partial charge >= 0.3 is 0 Å². The first-order valence-electron chi connectivity index (χ1n) is 10.9. The van der Waals surface area contributed by atoms with Crippen molar-refractivity contribution in [3.05, 3.63) is 83.4 Å². The predicted molar refractivity (Wildman–Crippen MR) is 125 cm³/mol. The molecule has 0 spiro atoms. The molecule has 0 aliphatic heterocycles. The molecule has 1 aromatic carbocycles. The topological polar surface area (TPSA) is 98.5 Å².